The number of carbonyl (C=O) groups is 1. The number of fused-ring (bicyclic) bond motifs is 3. The van der Waals surface area contributed by atoms with Crippen molar-refractivity contribution >= 4 is 17.2 Å². The maximum Gasteiger partial charge on any atom is 0.271 e. The molecule has 2 unspecified atom stereocenters. The largest absolute Gasteiger partial charge is 0.337 e. The fourth-order valence-corrected chi connectivity index (χ4v) is 5.06. The van der Waals surface area contributed by atoms with Crippen LogP contribution in [0.25, 0.3) is 0 Å². The van der Waals surface area contributed by atoms with Gasteiger partial charge in [-0.2, -0.15) is 0 Å². The van der Waals surface area contributed by atoms with Crippen LogP contribution in [0, 0.1) is 0 Å². The fourth-order valence-electron chi connectivity index (χ4n) is 4.31. The van der Waals surface area contributed by atoms with Crippen LogP contribution in [0.2, 0.25) is 0 Å². The second-order valence-electron chi connectivity index (χ2n) is 7.13. The van der Waals surface area contributed by atoms with E-state index in [-0.39, 0.29) is 11.9 Å². The third-order valence-electron chi connectivity index (χ3n) is 5.51. The Morgan fingerprint density at radius 3 is 2.58 bits per heavy atom. The Hall–Kier alpha value is -2.37. The number of carbonyl (C=O) groups excluding carboxylic acids is 1. The minimum atomic E-state index is 0.151. The molecule has 1 saturated heterocycles. The van der Waals surface area contributed by atoms with Crippen molar-refractivity contribution in [2.45, 2.75) is 25.2 Å². The van der Waals surface area contributed by atoms with Gasteiger partial charge in [0.25, 0.3) is 5.91 Å². The third kappa shape index (κ3) is 2.68. The van der Waals surface area contributed by atoms with E-state index in [1.165, 1.54) is 10.4 Å². The summed E-state index contributed by atoms with van der Waals surface area (Å²) in [5.41, 5.74) is 2.01. The number of hydrogen-bond acceptors (Lipinski definition) is 3. The lowest BCUT2D eigenvalue weighted by atomic mass is 10.0. The predicted octanol–water partition coefficient (Wildman–Crippen LogP) is 3.63. The number of nitrogens with zero attached hydrogens (tertiary/aromatic N) is 3. The van der Waals surface area contributed by atoms with Crippen LogP contribution in [0.4, 0.5) is 0 Å². The highest BCUT2D eigenvalue weighted by Gasteiger charge is 2.44. The van der Waals surface area contributed by atoms with Gasteiger partial charge in [-0.15, -0.1) is 11.3 Å². The van der Waals surface area contributed by atoms with Gasteiger partial charge in [0.05, 0.1) is 12.1 Å². The van der Waals surface area contributed by atoms with Crippen LogP contribution in [0.1, 0.15) is 27.0 Å². The minimum absolute atomic E-state index is 0.151. The molecule has 5 heteroatoms. The normalized spacial score (nSPS) is 22.5. The Morgan fingerprint density at radius 1 is 0.923 bits per heavy atom. The summed E-state index contributed by atoms with van der Waals surface area (Å²) in [6.45, 7) is 3.56. The van der Waals surface area contributed by atoms with Crippen molar-refractivity contribution in [3.63, 3.8) is 0 Å². The summed E-state index contributed by atoms with van der Waals surface area (Å²) in [4.78, 5) is 19.1. The molecule has 2 aromatic heterocycles. The van der Waals surface area contributed by atoms with Gasteiger partial charge in [-0.25, -0.2) is 0 Å². The van der Waals surface area contributed by atoms with Crippen LogP contribution in [-0.4, -0.2) is 39.4 Å². The number of hydrogen-bond donors (Lipinski definition) is 0. The fraction of sp³-hybridized carbons (Fsp3) is 0.286. The van der Waals surface area contributed by atoms with Crippen molar-refractivity contribution in [3.8, 4) is 0 Å². The Balaban J connectivity index is 1.45. The zero-order valence-corrected chi connectivity index (χ0v) is 15.3. The molecule has 3 aromatic rings. The van der Waals surface area contributed by atoms with E-state index in [2.05, 4.69) is 50.2 Å². The first-order chi connectivity index (χ1) is 12.8. The van der Waals surface area contributed by atoms with E-state index in [4.69, 9.17) is 0 Å². The number of amides is 1. The standard InChI is InChI=1S/C21H21N3OS/c25-21-18-9-4-10-23(18)19-14-22(13-17-8-5-11-26-17)15-20(19)24(21)12-16-6-2-1-3-7-16/h1-11,19-20H,12-15H2. The van der Waals surface area contributed by atoms with Crippen LogP contribution < -0.4 is 0 Å². The highest BCUT2D eigenvalue weighted by molar-refractivity contribution is 7.09. The molecule has 2 atom stereocenters. The molecule has 4 nitrogen and oxygen atoms in total. The second-order valence-corrected chi connectivity index (χ2v) is 8.16. The zero-order chi connectivity index (χ0) is 17.5. The van der Waals surface area contributed by atoms with E-state index in [0.29, 0.717) is 12.6 Å². The first-order valence-corrected chi connectivity index (χ1v) is 9.94. The molecule has 0 bridgehead atoms. The first kappa shape index (κ1) is 15.9. The molecule has 0 saturated carbocycles. The molecule has 5 rings (SSSR count). The van der Waals surface area contributed by atoms with Gasteiger partial charge in [0.15, 0.2) is 0 Å². The van der Waals surface area contributed by atoms with Gasteiger partial charge in [-0.1, -0.05) is 36.4 Å². The number of rotatable bonds is 4. The quantitative estimate of drug-likeness (QED) is 0.708. The Morgan fingerprint density at radius 2 is 1.77 bits per heavy atom. The summed E-state index contributed by atoms with van der Waals surface area (Å²) in [6, 6.07) is 19.1. The monoisotopic (exact) mass is 363 g/mol. The summed E-state index contributed by atoms with van der Waals surface area (Å²) in [6.07, 6.45) is 2.07. The highest BCUT2D eigenvalue weighted by Crippen LogP contribution is 2.35. The maximum absolute atomic E-state index is 13.1. The van der Waals surface area contributed by atoms with E-state index >= 15 is 0 Å². The summed E-state index contributed by atoms with van der Waals surface area (Å²) in [7, 11) is 0. The maximum atomic E-state index is 13.1. The number of likely N-dealkylation sites (tertiary alicyclic amines) is 1. The molecule has 1 aromatic carbocycles. The number of thiophene rings is 1. The number of benzene rings is 1. The van der Waals surface area contributed by atoms with Crippen molar-refractivity contribution in [3.05, 3.63) is 82.3 Å². The molecule has 0 radical (unpaired) electrons. The molecule has 4 heterocycles. The Kier molecular flexibility index (Phi) is 3.91. The van der Waals surface area contributed by atoms with Gasteiger partial charge >= 0.3 is 0 Å². The van der Waals surface area contributed by atoms with Gasteiger partial charge in [0.1, 0.15) is 5.69 Å². The molecule has 0 aliphatic carbocycles. The zero-order valence-electron chi connectivity index (χ0n) is 14.5. The molecule has 1 amide bonds. The molecular formula is C21H21N3OS. The van der Waals surface area contributed by atoms with Crippen LogP contribution in [-0.2, 0) is 13.1 Å². The van der Waals surface area contributed by atoms with Crippen LogP contribution in [0.5, 0.6) is 0 Å². The summed E-state index contributed by atoms with van der Waals surface area (Å²) >= 11 is 1.81. The van der Waals surface area contributed by atoms with Crippen molar-refractivity contribution < 1.29 is 4.79 Å². The van der Waals surface area contributed by atoms with E-state index < -0.39 is 0 Å². The van der Waals surface area contributed by atoms with E-state index in [0.717, 1.165) is 25.3 Å². The first-order valence-electron chi connectivity index (χ1n) is 9.06. The molecule has 26 heavy (non-hydrogen) atoms. The predicted molar refractivity (Wildman–Crippen MR) is 103 cm³/mol. The van der Waals surface area contributed by atoms with Gasteiger partial charge in [-0.05, 0) is 29.1 Å². The molecular weight excluding hydrogens is 342 g/mol. The molecule has 132 valence electrons. The average molecular weight is 363 g/mol. The Labute approximate surface area is 157 Å². The molecule has 1 fully saturated rings. The van der Waals surface area contributed by atoms with Gasteiger partial charge in [0.2, 0.25) is 0 Å². The summed E-state index contributed by atoms with van der Waals surface area (Å²) in [5, 5.41) is 2.13. The summed E-state index contributed by atoms with van der Waals surface area (Å²) in [5.74, 6) is 0.151. The van der Waals surface area contributed by atoms with E-state index in [9.17, 15) is 4.79 Å². The molecule has 0 N–H and O–H groups in total. The van der Waals surface area contributed by atoms with Crippen molar-refractivity contribution in [2.75, 3.05) is 13.1 Å². The topological polar surface area (TPSA) is 28.5 Å². The third-order valence-corrected chi connectivity index (χ3v) is 6.37. The van der Waals surface area contributed by atoms with Gasteiger partial charge in [-0.3, -0.25) is 9.69 Å². The van der Waals surface area contributed by atoms with Gasteiger partial charge < -0.3 is 9.47 Å². The SMILES string of the molecule is O=C1c2cccn2C2CN(Cc3cccs3)CC2N1Cc1ccccc1. The highest BCUT2D eigenvalue weighted by atomic mass is 32.1. The average Bonchev–Trinajstić information content (AvgIpc) is 3.40. The smallest absolute Gasteiger partial charge is 0.271 e. The van der Waals surface area contributed by atoms with Gasteiger partial charge in [0, 0.05) is 37.3 Å². The van der Waals surface area contributed by atoms with Crippen molar-refractivity contribution in [1.82, 2.24) is 14.4 Å². The van der Waals surface area contributed by atoms with Crippen LogP contribution in [0.15, 0.2) is 66.2 Å². The molecule has 2 aliphatic rings. The summed E-state index contributed by atoms with van der Waals surface area (Å²) < 4.78 is 2.20. The van der Waals surface area contributed by atoms with Crippen LogP contribution in [0.3, 0.4) is 0 Å². The lowest BCUT2D eigenvalue weighted by Gasteiger charge is -2.38. The molecule has 2 aliphatic heterocycles. The Bertz CT molecular complexity index is 903. The minimum Gasteiger partial charge on any atom is -0.337 e. The van der Waals surface area contributed by atoms with Crippen LogP contribution >= 0.6 is 11.3 Å². The lowest BCUT2D eigenvalue weighted by molar-refractivity contribution is 0.0556. The van der Waals surface area contributed by atoms with Crippen molar-refractivity contribution in [2.24, 2.45) is 0 Å². The second kappa shape index (κ2) is 6.41. The van der Waals surface area contributed by atoms with E-state index in [1.807, 2.05) is 30.3 Å². The van der Waals surface area contributed by atoms with Crippen molar-refractivity contribution in [1.29, 1.82) is 0 Å². The lowest BCUT2D eigenvalue weighted by Crippen LogP contribution is -2.49. The molecule has 0 spiro atoms. The van der Waals surface area contributed by atoms with E-state index in [1.54, 1.807) is 11.3 Å². The number of aromatic nitrogens is 1.